The van der Waals surface area contributed by atoms with Crippen LogP contribution in [-0.4, -0.2) is 11.2 Å². The van der Waals surface area contributed by atoms with E-state index in [0.717, 1.165) is 0 Å². The minimum Gasteiger partial charge on any atom is -0.391 e. The molecule has 0 heterocycles. The fourth-order valence-electron chi connectivity index (χ4n) is 1.18. The van der Waals surface area contributed by atoms with Crippen molar-refractivity contribution in [2.45, 2.75) is 26.0 Å². The smallest absolute Gasteiger partial charge is 0.163 e. The number of hydrogen-bond donors (Lipinski definition) is 2. The Bertz CT molecular complexity index is 339. The second kappa shape index (κ2) is 4.02. The standard InChI is InChI=1S/C10H13F2NO/c1-5-3-4-7(9(12)8(5)11)10(13)6(2)14/h3-4,6,10,14H,13H2,1-2H3/t6?,10-/m0/s1. The number of hydrogen-bond acceptors (Lipinski definition) is 2. The van der Waals surface area contributed by atoms with Crippen molar-refractivity contribution < 1.29 is 13.9 Å². The lowest BCUT2D eigenvalue weighted by molar-refractivity contribution is 0.162. The van der Waals surface area contributed by atoms with Crippen LogP contribution in [0, 0.1) is 18.6 Å². The molecule has 0 radical (unpaired) electrons. The first-order valence-corrected chi connectivity index (χ1v) is 4.33. The predicted molar refractivity (Wildman–Crippen MR) is 49.7 cm³/mol. The van der Waals surface area contributed by atoms with Gasteiger partial charge in [-0.15, -0.1) is 0 Å². The third kappa shape index (κ3) is 1.91. The number of aryl methyl sites for hydroxylation is 1. The van der Waals surface area contributed by atoms with Gasteiger partial charge in [0.05, 0.1) is 12.1 Å². The van der Waals surface area contributed by atoms with Crippen LogP contribution in [-0.2, 0) is 0 Å². The van der Waals surface area contributed by atoms with E-state index in [-0.39, 0.29) is 11.1 Å². The summed E-state index contributed by atoms with van der Waals surface area (Å²) in [4.78, 5) is 0. The molecule has 78 valence electrons. The molecule has 0 fully saturated rings. The second-order valence-electron chi connectivity index (χ2n) is 3.37. The van der Waals surface area contributed by atoms with Gasteiger partial charge in [0.15, 0.2) is 11.6 Å². The molecule has 1 rings (SSSR count). The Kier molecular flexibility index (Phi) is 3.18. The van der Waals surface area contributed by atoms with E-state index in [1.165, 1.54) is 26.0 Å². The Labute approximate surface area is 81.4 Å². The topological polar surface area (TPSA) is 46.2 Å². The summed E-state index contributed by atoms with van der Waals surface area (Å²) >= 11 is 0. The lowest BCUT2D eigenvalue weighted by Crippen LogP contribution is -2.24. The fourth-order valence-corrected chi connectivity index (χ4v) is 1.18. The minimum absolute atomic E-state index is 0.00287. The van der Waals surface area contributed by atoms with E-state index in [1.807, 2.05) is 0 Å². The predicted octanol–water partition coefficient (Wildman–Crippen LogP) is 1.65. The van der Waals surface area contributed by atoms with Gasteiger partial charge in [-0.2, -0.15) is 0 Å². The Morgan fingerprint density at radius 1 is 1.29 bits per heavy atom. The average molecular weight is 201 g/mol. The molecule has 1 unspecified atom stereocenters. The summed E-state index contributed by atoms with van der Waals surface area (Å²) in [5.41, 5.74) is 5.73. The summed E-state index contributed by atoms with van der Waals surface area (Å²) in [7, 11) is 0. The van der Waals surface area contributed by atoms with Gasteiger partial charge in [0.2, 0.25) is 0 Å². The normalized spacial score (nSPS) is 15.3. The van der Waals surface area contributed by atoms with Crippen molar-refractivity contribution in [3.05, 3.63) is 34.9 Å². The van der Waals surface area contributed by atoms with Crippen LogP contribution in [0.2, 0.25) is 0 Å². The lowest BCUT2D eigenvalue weighted by Gasteiger charge is -2.16. The molecule has 0 aromatic heterocycles. The summed E-state index contributed by atoms with van der Waals surface area (Å²) in [5, 5.41) is 9.14. The van der Waals surface area contributed by atoms with E-state index in [1.54, 1.807) is 0 Å². The van der Waals surface area contributed by atoms with Crippen LogP contribution < -0.4 is 5.73 Å². The van der Waals surface area contributed by atoms with Gasteiger partial charge in [-0.3, -0.25) is 0 Å². The first-order chi connectivity index (χ1) is 6.45. The molecule has 0 spiro atoms. The van der Waals surface area contributed by atoms with E-state index < -0.39 is 23.8 Å². The zero-order chi connectivity index (χ0) is 10.9. The number of aliphatic hydroxyl groups is 1. The Hall–Kier alpha value is -1.00. The van der Waals surface area contributed by atoms with Crippen LogP contribution >= 0.6 is 0 Å². The number of halogens is 2. The van der Waals surface area contributed by atoms with Crippen LogP contribution in [0.25, 0.3) is 0 Å². The Morgan fingerprint density at radius 2 is 1.86 bits per heavy atom. The second-order valence-corrected chi connectivity index (χ2v) is 3.37. The van der Waals surface area contributed by atoms with Crippen LogP contribution in [0.1, 0.15) is 24.1 Å². The molecule has 14 heavy (non-hydrogen) atoms. The molecule has 4 heteroatoms. The highest BCUT2D eigenvalue weighted by Gasteiger charge is 2.19. The highest BCUT2D eigenvalue weighted by atomic mass is 19.2. The molecule has 0 aliphatic rings. The average Bonchev–Trinajstić information content (AvgIpc) is 2.13. The van der Waals surface area contributed by atoms with Crippen molar-refractivity contribution in [3.63, 3.8) is 0 Å². The molecule has 0 bridgehead atoms. The van der Waals surface area contributed by atoms with Gasteiger partial charge in [0, 0.05) is 5.56 Å². The zero-order valence-electron chi connectivity index (χ0n) is 8.09. The van der Waals surface area contributed by atoms with Gasteiger partial charge in [-0.05, 0) is 19.4 Å². The quantitative estimate of drug-likeness (QED) is 0.764. The maximum Gasteiger partial charge on any atom is 0.163 e. The molecule has 2 nitrogen and oxygen atoms in total. The number of aliphatic hydroxyl groups excluding tert-OH is 1. The summed E-state index contributed by atoms with van der Waals surface area (Å²) < 4.78 is 26.4. The van der Waals surface area contributed by atoms with Gasteiger partial charge in [-0.25, -0.2) is 8.78 Å². The van der Waals surface area contributed by atoms with Crippen LogP contribution in [0.5, 0.6) is 0 Å². The van der Waals surface area contributed by atoms with Crippen LogP contribution in [0.4, 0.5) is 8.78 Å². The van der Waals surface area contributed by atoms with Gasteiger partial charge in [0.25, 0.3) is 0 Å². The van der Waals surface area contributed by atoms with Crippen molar-refractivity contribution in [1.29, 1.82) is 0 Å². The minimum atomic E-state index is -0.974. The molecular weight excluding hydrogens is 188 g/mol. The number of rotatable bonds is 2. The molecule has 1 aromatic carbocycles. The van der Waals surface area contributed by atoms with E-state index in [0.29, 0.717) is 0 Å². The highest BCUT2D eigenvalue weighted by molar-refractivity contribution is 5.28. The van der Waals surface area contributed by atoms with E-state index in [2.05, 4.69) is 0 Å². The molecule has 2 atom stereocenters. The third-order valence-electron chi connectivity index (χ3n) is 2.18. The van der Waals surface area contributed by atoms with Crippen LogP contribution in [0.3, 0.4) is 0 Å². The maximum absolute atomic E-state index is 13.3. The van der Waals surface area contributed by atoms with Crippen LogP contribution in [0.15, 0.2) is 12.1 Å². The first-order valence-electron chi connectivity index (χ1n) is 4.33. The molecule has 0 saturated carbocycles. The molecule has 0 amide bonds. The zero-order valence-corrected chi connectivity index (χ0v) is 8.09. The van der Waals surface area contributed by atoms with E-state index >= 15 is 0 Å². The van der Waals surface area contributed by atoms with Crippen molar-refractivity contribution in [2.75, 3.05) is 0 Å². The van der Waals surface area contributed by atoms with Gasteiger partial charge in [-0.1, -0.05) is 12.1 Å². The lowest BCUT2D eigenvalue weighted by atomic mass is 10.0. The van der Waals surface area contributed by atoms with Crippen molar-refractivity contribution >= 4 is 0 Å². The van der Waals surface area contributed by atoms with Gasteiger partial charge >= 0.3 is 0 Å². The largest absolute Gasteiger partial charge is 0.391 e. The monoisotopic (exact) mass is 201 g/mol. The fraction of sp³-hybridized carbons (Fsp3) is 0.400. The summed E-state index contributed by atoms with van der Waals surface area (Å²) in [6.07, 6.45) is -0.911. The number of benzene rings is 1. The summed E-state index contributed by atoms with van der Waals surface area (Å²) in [5.74, 6) is -1.88. The maximum atomic E-state index is 13.3. The van der Waals surface area contributed by atoms with E-state index in [4.69, 9.17) is 10.8 Å². The molecule has 0 saturated heterocycles. The van der Waals surface area contributed by atoms with Crippen molar-refractivity contribution in [2.24, 2.45) is 5.73 Å². The molecule has 3 N–H and O–H groups in total. The van der Waals surface area contributed by atoms with Crippen molar-refractivity contribution in [3.8, 4) is 0 Å². The molecule has 0 aliphatic heterocycles. The molecule has 0 aliphatic carbocycles. The van der Waals surface area contributed by atoms with Gasteiger partial charge in [0.1, 0.15) is 0 Å². The number of nitrogens with two attached hydrogens (primary N) is 1. The van der Waals surface area contributed by atoms with Crippen molar-refractivity contribution in [1.82, 2.24) is 0 Å². The highest BCUT2D eigenvalue weighted by Crippen LogP contribution is 2.22. The molecular formula is C10H13F2NO. The van der Waals surface area contributed by atoms with Gasteiger partial charge < -0.3 is 10.8 Å². The summed E-state index contributed by atoms with van der Waals surface area (Å²) in [6, 6.07) is 1.94. The Balaban J connectivity index is 3.17. The first kappa shape index (κ1) is 11.1. The third-order valence-corrected chi connectivity index (χ3v) is 2.18. The van der Waals surface area contributed by atoms with E-state index in [9.17, 15) is 8.78 Å². The summed E-state index contributed by atoms with van der Waals surface area (Å²) in [6.45, 7) is 2.90. The Morgan fingerprint density at radius 3 is 2.36 bits per heavy atom. The molecule has 1 aromatic rings. The SMILES string of the molecule is Cc1ccc([C@@H](N)C(C)O)c(F)c1F.